The third-order valence-corrected chi connectivity index (χ3v) is 7.79. The number of carbonyl (C=O) groups excluding carboxylic acids is 2. The molecule has 1 aromatic rings. The average Bonchev–Trinajstić information content (AvgIpc) is 3.12. The van der Waals surface area contributed by atoms with Crippen LogP contribution in [0.25, 0.3) is 6.20 Å². The van der Waals surface area contributed by atoms with Gasteiger partial charge in [0.15, 0.2) is 0 Å². The summed E-state index contributed by atoms with van der Waals surface area (Å²) in [5, 5.41) is 20.7. The zero-order valence-corrected chi connectivity index (χ0v) is 20.0. The maximum absolute atomic E-state index is 13.4. The Bertz CT molecular complexity index is 900. The number of aromatic nitrogens is 2. The van der Waals surface area contributed by atoms with Crippen LogP contribution in [0.5, 0.6) is 0 Å². The standard InChI is InChI=1S/C25H38N4O3/c1-15(2)22-20(13-26-29(22)7-6-24(4,5)28-16(3)31)23(32)27-21-18-8-17-9-19(21)12-25(10-17,11-18)14-30/h6-7,13,15,17-19,21,30H,8-12,14H2,1-5H3,(H,27,32)(H,28,31)/b7-6+/t17?,18?,19?,21-,25-. The smallest absolute Gasteiger partial charge is 0.255 e. The number of rotatable bonds is 7. The molecule has 2 atom stereocenters. The molecule has 4 fully saturated rings. The Morgan fingerprint density at radius 3 is 2.50 bits per heavy atom. The number of nitrogens with zero attached hydrogens (tertiary/aromatic N) is 2. The molecule has 7 heteroatoms. The molecule has 0 aromatic carbocycles. The summed E-state index contributed by atoms with van der Waals surface area (Å²) in [5.74, 6) is 1.61. The summed E-state index contributed by atoms with van der Waals surface area (Å²) in [7, 11) is 0. The van der Waals surface area contributed by atoms with Crippen molar-refractivity contribution in [1.82, 2.24) is 20.4 Å². The largest absolute Gasteiger partial charge is 0.396 e. The molecule has 0 aliphatic heterocycles. The predicted molar refractivity (Wildman–Crippen MR) is 124 cm³/mol. The van der Waals surface area contributed by atoms with Crippen LogP contribution in [0.3, 0.4) is 0 Å². The zero-order valence-electron chi connectivity index (χ0n) is 20.0. The van der Waals surface area contributed by atoms with Gasteiger partial charge < -0.3 is 15.7 Å². The number of amides is 2. The number of hydrogen-bond donors (Lipinski definition) is 3. The molecule has 7 nitrogen and oxygen atoms in total. The van der Waals surface area contributed by atoms with Gasteiger partial charge in [-0.15, -0.1) is 0 Å². The van der Waals surface area contributed by atoms with Crippen molar-refractivity contribution in [2.45, 2.75) is 84.2 Å². The van der Waals surface area contributed by atoms with Crippen molar-refractivity contribution in [3.05, 3.63) is 23.5 Å². The van der Waals surface area contributed by atoms with E-state index in [1.165, 1.54) is 19.8 Å². The summed E-state index contributed by atoms with van der Waals surface area (Å²) in [6, 6.07) is 0.191. The number of aliphatic hydroxyl groups is 1. The lowest BCUT2D eigenvalue weighted by molar-refractivity contribution is -0.120. The molecule has 4 aliphatic rings. The molecule has 32 heavy (non-hydrogen) atoms. The SMILES string of the molecule is CC(=O)NC(C)(C)/C=C/n1ncc(C(=O)N[C@H]2C3CC4CC2C[C@](CO)(C4)C3)c1C(C)C. The minimum Gasteiger partial charge on any atom is -0.396 e. The predicted octanol–water partition coefficient (Wildman–Crippen LogP) is 3.31. The lowest BCUT2D eigenvalue weighted by atomic mass is 9.48. The first kappa shape index (κ1) is 23.0. The maximum atomic E-state index is 13.4. The van der Waals surface area contributed by atoms with Crippen molar-refractivity contribution < 1.29 is 14.7 Å². The van der Waals surface area contributed by atoms with E-state index in [0.717, 1.165) is 25.0 Å². The van der Waals surface area contributed by atoms with E-state index in [1.807, 2.05) is 26.1 Å². The highest BCUT2D eigenvalue weighted by Crippen LogP contribution is 2.59. The molecule has 2 unspecified atom stereocenters. The fourth-order valence-electron chi connectivity index (χ4n) is 6.84. The monoisotopic (exact) mass is 442 g/mol. The Kier molecular flexibility index (Phi) is 5.99. The molecule has 3 N–H and O–H groups in total. The van der Waals surface area contributed by atoms with Gasteiger partial charge in [-0.1, -0.05) is 13.8 Å². The van der Waals surface area contributed by atoms with Gasteiger partial charge in [0, 0.05) is 25.8 Å². The van der Waals surface area contributed by atoms with Crippen molar-refractivity contribution in [3.8, 4) is 0 Å². The van der Waals surface area contributed by atoms with E-state index in [-0.39, 0.29) is 35.8 Å². The van der Waals surface area contributed by atoms with E-state index >= 15 is 0 Å². The van der Waals surface area contributed by atoms with E-state index < -0.39 is 5.54 Å². The molecular weight excluding hydrogens is 404 g/mol. The van der Waals surface area contributed by atoms with Gasteiger partial charge in [-0.25, -0.2) is 4.68 Å². The van der Waals surface area contributed by atoms with Crippen LogP contribution in [0.1, 0.15) is 88.7 Å². The second kappa shape index (κ2) is 8.32. The summed E-state index contributed by atoms with van der Waals surface area (Å²) in [4.78, 5) is 24.8. The first-order chi connectivity index (χ1) is 15.0. The fourth-order valence-corrected chi connectivity index (χ4v) is 6.84. The Hall–Kier alpha value is -2.15. The van der Waals surface area contributed by atoms with Gasteiger partial charge in [-0.2, -0.15) is 5.10 Å². The van der Waals surface area contributed by atoms with Gasteiger partial charge in [-0.05, 0) is 81.1 Å². The fraction of sp³-hybridized carbons (Fsp3) is 0.720. The van der Waals surface area contributed by atoms with Crippen LogP contribution in [-0.4, -0.2) is 44.9 Å². The highest BCUT2D eigenvalue weighted by molar-refractivity contribution is 5.95. The highest BCUT2D eigenvalue weighted by Gasteiger charge is 2.55. The number of hydrogen-bond acceptors (Lipinski definition) is 4. The molecule has 2 amide bonds. The molecule has 4 bridgehead atoms. The Morgan fingerprint density at radius 2 is 1.94 bits per heavy atom. The highest BCUT2D eigenvalue weighted by atomic mass is 16.3. The quantitative estimate of drug-likeness (QED) is 0.604. The number of nitrogens with one attached hydrogen (secondary N) is 2. The molecule has 4 saturated carbocycles. The summed E-state index contributed by atoms with van der Waals surface area (Å²) in [6.07, 6.45) is 10.9. The first-order valence-corrected chi connectivity index (χ1v) is 12.0. The van der Waals surface area contributed by atoms with E-state index in [4.69, 9.17) is 0 Å². The maximum Gasteiger partial charge on any atom is 0.255 e. The van der Waals surface area contributed by atoms with Crippen LogP contribution in [0.2, 0.25) is 0 Å². The third-order valence-electron chi connectivity index (χ3n) is 7.79. The van der Waals surface area contributed by atoms with Crippen LogP contribution in [-0.2, 0) is 4.79 Å². The van der Waals surface area contributed by atoms with Crippen molar-refractivity contribution in [1.29, 1.82) is 0 Å². The third kappa shape index (κ3) is 4.36. The molecular formula is C25H38N4O3. The van der Waals surface area contributed by atoms with Gasteiger partial charge >= 0.3 is 0 Å². The second-order valence-corrected chi connectivity index (χ2v) is 11.4. The Balaban J connectivity index is 1.52. The van der Waals surface area contributed by atoms with Crippen molar-refractivity contribution >= 4 is 18.0 Å². The van der Waals surface area contributed by atoms with Crippen molar-refractivity contribution in [2.24, 2.45) is 23.2 Å². The minimum absolute atomic E-state index is 0.0509. The molecule has 1 aromatic heterocycles. The van der Waals surface area contributed by atoms with Gasteiger partial charge in [0.25, 0.3) is 5.91 Å². The van der Waals surface area contributed by atoms with E-state index in [9.17, 15) is 14.7 Å². The number of aliphatic hydroxyl groups excluding tert-OH is 1. The molecule has 4 aliphatic carbocycles. The molecule has 5 rings (SSSR count). The Labute approximate surface area is 191 Å². The van der Waals surface area contributed by atoms with Crippen molar-refractivity contribution in [2.75, 3.05) is 6.61 Å². The lowest BCUT2D eigenvalue weighted by Crippen LogP contribution is -2.60. The van der Waals surface area contributed by atoms with Gasteiger partial charge in [0.1, 0.15) is 0 Å². The minimum atomic E-state index is -0.516. The summed E-state index contributed by atoms with van der Waals surface area (Å²) >= 11 is 0. The van der Waals surface area contributed by atoms with Crippen LogP contribution < -0.4 is 10.6 Å². The van der Waals surface area contributed by atoms with Crippen LogP contribution in [0.15, 0.2) is 12.3 Å². The second-order valence-electron chi connectivity index (χ2n) is 11.4. The average molecular weight is 443 g/mol. The summed E-state index contributed by atoms with van der Waals surface area (Å²) in [6.45, 7) is 9.74. The normalized spacial score (nSPS) is 31.5. The van der Waals surface area contributed by atoms with Gasteiger partial charge in [-0.3, -0.25) is 9.59 Å². The van der Waals surface area contributed by atoms with E-state index in [0.29, 0.717) is 23.3 Å². The molecule has 0 radical (unpaired) electrons. The lowest BCUT2D eigenvalue weighted by Gasteiger charge is -2.59. The molecule has 1 heterocycles. The van der Waals surface area contributed by atoms with Gasteiger partial charge in [0.05, 0.1) is 23.0 Å². The molecule has 176 valence electrons. The number of carbonyl (C=O) groups is 2. The topological polar surface area (TPSA) is 96.2 Å². The molecule has 0 saturated heterocycles. The van der Waals surface area contributed by atoms with Crippen molar-refractivity contribution in [3.63, 3.8) is 0 Å². The van der Waals surface area contributed by atoms with Crippen LogP contribution in [0, 0.1) is 23.2 Å². The first-order valence-electron chi connectivity index (χ1n) is 12.0. The van der Waals surface area contributed by atoms with E-state index in [2.05, 4.69) is 29.6 Å². The Morgan fingerprint density at radius 1 is 1.28 bits per heavy atom. The zero-order chi connectivity index (χ0) is 23.3. The summed E-state index contributed by atoms with van der Waals surface area (Å²) < 4.78 is 1.75. The molecule has 0 spiro atoms. The van der Waals surface area contributed by atoms with Crippen LogP contribution >= 0.6 is 0 Å². The van der Waals surface area contributed by atoms with Crippen LogP contribution in [0.4, 0.5) is 0 Å². The van der Waals surface area contributed by atoms with Gasteiger partial charge in [0.2, 0.25) is 5.91 Å². The summed E-state index contributed by atoms with van der Waals surface area (Å²) in [5.41, 5.74) is 1.06. The van der Waals surface area contributed by atoms with E-state index in [1.54, 1.807) is 10.9 Å².